The summed E-state index contributed by atoms with van der Waals surface area (Å²) < 4.78 is 0.859. The van der Waals surface area contributed by atoms with E-state index in [1.807, 2.05) is 30.3 Å². The van der Waals surface area contributed by atoms with Crippen molar-refractivity contribution in [3.8, 4) is 16.9 Å². The predicted octanol–water partition coefficient (Wildman–Crippen LogP) is 7.12. The van der Waals surface area contributed by atoms with Crippen LogP contribution in [0.4, 0.5) is 0 Å². The molecule has 1 atom stereocenters. The summed E-state index contributed by atoms with van der Waals surface area (Å²) in [4.78, 5) is 16.2. The molecule has 2 heterocycles. The first kappa shape index (κ1) is 27.0. The van der Waals surface area contributed by atoms with E-state index in [1.165, 1.54) is 30.8 Å². The Hall–Kier alpha value is -1.61. The van der Waals surface area contributed by atoms with Crippen LogP contribution in [0.5, 0.6) is 5.75 Å². The van der Waals surface area contributed by atoms with Crippen molar-refractivity contribution < 1.29 is 41.0 Å². The van der Waals surface area contributed by atoms with Gasteiger partial charge in [0.2, 0.25) is 5.78 Å². The Balaban J connectivity index is 0.000000308. The SMILES string of the molecule is O=C(c1ccccc1Cl)c1sc2cc(O)ccc2c1-c1cc[c-]cc1.[CH2-]CN1CC[C@H](C)C1.[U+2]. The van der Waals surface area contributed by atoms with Crippen LogP contribution in [0.2, 0.25) is 5.02 Å². The number of rotatable bonds is 4. The molecule has 0 aliphatic carbocycles. The molecule has 0 saturated carbocycles. The second-order valence-electron chi connectivity index (χ2n) is 8.28. The number of hydrogen-bond donors (Lipinski definition) is 1. The van der Waals surface area contributed by atoms with E-state index in [-0.39, 0.29) is 42.6 Å². The fourth-order valence-electron chi connectivity index (χ4n) is 4.08. The molecule has 0 radical (unpaired) electrons. The molecule has 1 aliphatic heterocycles. The third kappa shape index (κ3) is 6.14. The first-order chi connectivity index (χ1) is 16.0. The molecule has 1 aliphatic rings. The van der Waals surface area contributed by atoms with Gasteiger partial charge >= 0.3 is 31.1 Å². The molecule has 0 amide bonds. The second-order valence-corrected chi connectivity index (χ2v) is 9.74. The van der Waals surface area contributed by atoms with Crippen molar-refractivity contribution in [3.63, 3.8) is 0 Å². The smallest absolute Gasteiger partial charge is 0.508 e. The van der Waals surface area contributed by atoms with Crippen LogP contribution in [0, 0.1) is 50.0 Å². The van der Waals surface area contributed by atoms with Crippen molar-refractivity contribution in [2.24, 2.45) is 5.92 Å². The van der Waals surface area contributed by atoms with Crippen molar-refractivity contribution in [3.05, 3.63) is 95.2 Å². The summed E-state index contributed by atoms with van der Waals surface area (Å²) in [6.07, 6.45) is 1.37. The Kier molecular flexibility index (Phi) is 9.83. The zero-order valence-electron chi connectivity index (χ0n) is 19.1. The monoisotopic (exact) mass is 713 g/mol. The Morgan fingerprint density at radius 2 is 1.94 bits per heavy atom. The summed E-state index contributed by atoms with van der Waals surface area (Å²) >= 11 is 7.60. The number of hydrogen-bond acceptors (Lipinski definition) is 4. The van der Waals surface area contributed by atoms with Gasteiger partial charge in [0, 0.05) is 10.3 Å². The van der Waals surface area contributed by atoms with Gasteiger partial charge in [-0.2, -0.15) is 30.3 Å². The van der Waals surface area contributed by atoms with E-state index in [9.17, 15) is 9.90 Å². The van der Waals surface area contributed by atoms with E-state index < -0.39 is 0 Å². The third-order valence-electron chi connectivity index (χ3n) is 5.83. The van der Waals surface area contributed by atoms with Gasteiger partial charge in [0.1, 0.15) is 5.75 Å². The molecule has 1 N–H and O–H groups in total. The molecule has 1 saturated heterocycles. The maximum Gasteiger partial charge on any atom is 2.00 e. The number of likely N-dealkylation sites (tertiary alicyclic amines) is 1. The minimum Gasteiger partial charge on any atom is -0.508 e. The van der Waals surface area contributed by atoms with Crippen molar-refractivity contribution in [1.29, 1.82) is 0 Å². The van der Waals surface area contributed by atoms with E-state index >= 15 is 0 Å². The summed E-state index contributed by atoms with van der Waals surface area (Å²) in [5.41, 5.74) is 2.27. The van der Waals surface area contributed by atoms with Crippen LogP contribution in [0.3, 0.4) is 0 Å². The van der Waals surface area contributed by atoms with Crippen LogP contribution in [0.1, 0.15) is 28.6 Å². The molecule has 0 unspecified atom stereocenters. The number of phenolic OH excluding ortho intramolecular Hbond substituents is 1. The van der Waals surface area contributed by atoms with Crippen molar-refractivity contribution >= 4 is 38.8 Å². The largest absolute Gasteiger partial charge is 2.00 e. The predicted molar refractivity (Wildman–Crippen MR) is 138 cm³/mol. The summed E-state index contributed by atoms with van der Waals surface area (Å²) in [6.45, 7) is 9.66. The average molecular weight is 714 g/mol. The number of halogens is 1. The first-order valence-electron chi connectivity index (χ1n) is 11.0. The minimum atomic E-state index is -0.117. The van der Waals surface area contributed by atoms with Crippen LogP contribution < -0.4 is 0 Å². The molecule has 3 nitrogen and oxygen atoms in total. The van der Waals surface area contributed by atoms with Gasteiger partial charge in [0.05, 0.1) is 9.90 Å². The molecule has 1 aromatic heterocycles. The summed E-state index contributed by atoms with van der Waals surface area (Å²) in [5.74, 6) is 0.976. The minimum absolute atomic E-state index is 0. The third-order valence-corrected chi connectivity index (χ3v) is 7.31. The van der Waals surface area contributed by atoms with Crippen molar-refractivity contribution in [2.45, 2.75) is 13.3 Å². The van der Waals surface area contributed by atoms with Crippen molar-refractivity contribution in [2.75, 3.05) is 19.6 Å². The van der Waals surface area contributed by atoms with Crippen molar-refractivity contribution in [1.82, 2.24) is 4.90 Å². The van der Waals surface area contributed by atoms with Gasteiger partial charge in [-0.05, 0) is 66.7 Å². The topological polar surface area (TPSA) is 40.5 Å². The number of nitrogens with zero attached hydrogens (tertiary/aromatic N) is 1. The van der Waals surface area contributed by atoms with Gasteiger partial charge in [-0.3, -0.25) is 4.79 Å². The molecular weight excluding hydrogens is 688 g/mol. The van der Waals surface area contributed by atoms with Gasteiger partial charge in [0.15, 0.2) is 0 Å². The number of phenols is 1. The number of benzene rings is 3. The molecule has 6 heteroatoms. The number of fused-ring (bicyclic) bond motifs is 1. The maximum absolute atomic E-state index is 13.2. The Morgan fingerprint density at radius 3 is 2.56 bits per heavy atom. The molecule has 4 aromatic rings. The van der Waals surface area contributed by atoms with E-state index in [2.05, 4.69) is 24.8 Å². The van der Waals surface area contributed by atoms with Gasteiger partial charge in [-0.1, -0.05) is 30.7 Å². The molecule has 172 valence electrons. The molecule has 3 aromatic carbocycles. The summed E-state index contributed by atoms with van der Waals surface area (Å²) in [6, 6.07) is 22.7. The van der Waals surface area contributed by atoms with Crippen LogP contribution in [-0.4, -0.2) is 35.4 Å². The number of carbonyl (C=O) groups is 1. The molecule has 0 spiro atoms. The molecular formula is C28H26ClNO2SU. The Morgan fingerprint density at radius 1 is 1.21 bits per heavy atom. The van der Waals surface area contributed by atoms with E-state index in [4.69, 9.17) is 11.6 Å². The zero-order chi connectivity index (χ0) is 23.4. The quantitative estimate of drug-likeness (QED) is 0.181. The molecule has 34 heavy (non-hydrogen) atoms. The van der Waals surface area contributed by atoms with Crippen LogP contribution in [0.15, 0.2) is 66.7 Å². The van der Waals surface area contributed by atoms with Gasteiger partial charge in [-0.15, -0.1) is 23.4 Å². The standard InChI is InChI=1S/C21H12ClO2S.C7H14N.U/c22-17-9-5-4-8-15(17)20(24)21-19(13-6-2-1-3-7-13)16-11-10-14(23)12-18(16)25-21;1-3-8-5-4-7(2)6-8;/h2-12,23H;7H,1,3-6H2,2H3;/q2*-1;+2/t;7-;/m.0./s1. The van der Waals surface area contributed by atoms with Gasteiger partial charge in [-0.25, -0.2) is 0 Å². The molecule has 5 rings (SSSR count). The number of ketones is 1. The van der Waals surface area contributed by atoms with Crippen LogP contribution in [0.25, 0.3) is 21.2 Å². The fraction of sp³-hybridized carbons (Fsp3) is 0.214. The maximum atomic E-state index is 13.2. The number of carbonyl (C=O) groups excluding carboxylic acids is 1. The first-order valence-corrected chi connectivity index (χ1v) is 12.2. The number of aromatic hydroxyl groups is 1. The second kappa shape index (κ2) is 12.4. The zero-order valence-corrected chi connectivity index (χ0v) is 24.8. The average Bonchev–Trinajstić information content (AvgIpc) is 3.43. The van der Waals surface area contributed by atoms with E-state index in [0.717, 1.165) is 33.7 Å². The van der Waals surface area contributed by atoms with Gasteiger partial charge in [0.25, 0.3) is 0 Å². The number of thiophene rings is 1. The fourth-order valence-corrected chi connectivity index (χ4v) is 5.52. The normalized spacial score (nSPS) is 15.4. The summed E-state index contributed by atoms with van der Waals surface area (Å²) in [7, 11) is 0. The van der Waals surface area contributed by atoms with Gasteiger partial charge < -0.3 is 16.9 Å². The van der Waals surface area contributed by atoms with E-state index in [1.54, 1.807) is 36.4 Å². The van der Waals surface area contributed by atoms with Crippen LogP contribution >= 0.6 is 22.9 Å². The Bertz CT molecular complexity index is 1260. The molecule has 1 fully saturated rings. The van der Waals surface area contributed by atoms with E-state index in [0.29, 0.717) is 15.5 Å². The van der Waals surface area contributed by atoms with Crippen LogP contribution in [-0.2, 0) is 0 Å². The molecule has 0 bridgehead atoms. The summed E-state index contributed by atoms with van der Waals surface area (Å²) in [5, 5.41) is 11.2. The Labute approximate surface area is 234 Å².